The summed E-state index contributed by atoms with van der Waals surface area (Å²) >= 11 is 0. The number of pyridine rings is 1. The van der Waals surface area contributed by atoms with Gasteiger partial charge in [-0.25, -0.2) is 4.98 Å². The van der Waals surface area contributed by atoms with Gasteiger partial charge in [0.1, 0.15) is 5.69 Å². The number of hydrogen-bond donors (Lipinski definition) is 1. The van der Waals surface area contributed by atoms with Crippen LogP contribution in [0.5, 0.6) is 5.75 Å². The maximum atomic E-state index is 11.3. The summed E-state index contributed by atoms with van der Waals surface area (Å²) in [6, 6.07) is 19.7. The fourth-order valence-corrected chi connectivity index (χ4v) is 3.34. The molecule has 0 aliphatic rings. The van der Waals surface area contributed by atoms with Crippen molar-refractivity contribution in [3.8, 4) is 16.9 Å². The van der Waals surface area contributed by atoms with E-state index in [1.165, 1.54) is 0 Å². The minimum atomic E-state index is 0.381. The monoisotopic (exact) mass is 342 g/mol. The zero-order chi connectivity index (χ0) is 18.1. The van der Waals surface area contributed by atoms with Crippen molar-refractivity contribution in [1.29, 1.82) is 0 Å². The van der Waals surface area contributed by atoms with Gasteiger partial charge in [0, 0.05) is 10.9 Å². The van der Waals surface area contributed by atoms with Gasteiger partial charge in [-0.15, -0.1) is 0 Å². The van der Waals surface area contributed by atoms with Gasteiger partial charge in [-0.3, -0.25) is 4.79 Å². The third-order valence-corrected chi connectivity index (χ3v) is 4.47. The Morgan fingerprint density at radius 2 is 1.81 bits per heavy atom. The number of nitrogen functional groups attached to an aromatic ring is 1. The van der Waals surface area contributed by atoms with Gasteiger partial charge in [0.15, 0.2) is 12.0 Å². The Balaban J connectivity index is 2.12. The molecule has 1 heterocycles. The van der Waals surface area contributed by atoms with Crippen LogP contribution >= 0.6 is 0 Å². The Bertz CT molecular complexity index is 1130. The van der Waals surface area contributed by atoms with Gasteiger partial charge in [0.25, 0.3) is 0 Å². The van der Waals surface area contributed by atoms with E-state index in [0.717, 1.165) is 33.6 Å². The molecule has 26 heavy (non-hydrogen) atoms. The molecule has 4 heteroatoms. The van der Waals surface area contributed by atoms with Gasteiger partial charge in [-0.05, 0) is 41.5 Å². The molecule has 3 aromatic carbocycles. The molecule has 4 nitrogen and oxygen atoms in total. The number of aromatic nitrogens is 1. The Labute approximate surface area is 151 Å². The van der Waals surface area contributed by atoms with Crippen LogP contribution in [-0.4, -0.2) is 17.9 Å². The highest BCUT2D eigenvalue weighted by atomic mass is 16.5. The second kappa shape index (κ2) is 6.48. The molecule has 0 saturated heterocycles. The van der Waals surface area contributed by atoms with Crippen LogP contribution < -0.4 is 10.5 Å². The number of nitrogens with zero attached hydrogens (tertiary/aromatic N) is 1. The first-order valence-electron chi connectivity index (χ1n) is 8.52. The first kappa shape index (κ1) is 16.1. The standard InChI is InChI=1S/C22H18N2O2/c1-2-26-22-18-11-10-15(13-25)24-21(18)19(12-20(22)23)17-9-5-7-14-6-3-4-8-16(14)17/h3-13H,2,23H2,1H3. The number of hydrogen-bond acceptors (Lipinski definition) is 4. The van der Waals surface area contributed by atoms with E-state index < -0.39 is 0 Å². The largest absolute Gasteiger partial charge is 0.491 e. The van der Waals surface area contributed by atoms with Gasteiger partial charge in [0.05, 0.1) is 17.8 Å². The molecule has 0 fully saturated rings. The molecule has 0 unspecified atom stereocenters. The second-order valence-corrected chi connectivity index (χ2v) is 6.05. The minimum absolute atomic E-state index is 0.381. The molecule has 0 atom stereocenters. The third-order valence-electron chi connectivity index (χ3n) is 4.47. The van der Waals surface area contributed by atoms with Crippen LogP contribution in [-0.2, 0) is 0 Å². The number of carbonyl (C=O) groups is 1. The summed E-state index contributed by atoms with van der Waals surface area (Å²) in [4.78, 5) is 15.8. The highest BCUT2D eigenvalue weighted by molar-refractivity contribution is 6.08. The average Bonchev–Trinajstić information content (AvgIpc) is 2.69. The summed E-state index contributed by atoms with van der Waals surface area (Å²) in [5.41, 5.74) is 9.87. The predicted molar refractivity (Wildman–Crippen MR) is 106 cm³/mol. The average molecular weight is 342 g/mol. The number of aldehydes is 1. The fraction of sp³-hybridized carbons (Fsp3) is 0.0909. The van der Waals surface area contributed by atoms with Crippen LogP contribution in [0.3, 0.4) is 0 Å². The van der Waals surface area contributed by atoms with Crippen LogP contribution in [0.1, 0.15) is 17.4 Å². The van der Waals surface area contributed by atoms with E-state index in [0.29, 0.717) is 29.3 Å². The van der Waals surface area contributed by atoms with Gasteiger partial charge in [-0.1, -0.05) is 42.5 Å². The van der Waals surface area contributed by atoms with E-state index >= 15 is 0 Å². The molecule has 4 aromatic rings. The number of nitrogens with two attached hydrogens (primary N) is 1. The Kier molecular flexibility index (Phi) is 4.01. The predicted octanol–water partition coefficient (Wildman–Crippen LogP) is 4.85. The first-order valence-corrected chi connectivity index (χ1v) is 8.52. The van der Waals surface area contributed by atoms with Crippen LogP contribution in [0.15, 0.2) is 60.7 Å². The molecule has 0 amide bonds. The lowest BCUT2D eigenvalue weighted by Crippen LogP contribution is -2.01. The lowest BCUT2D eigenvalue weighted by atomic mass is 9.95. The van der Waals surface area contributed by atoms with Crippen LogP contribution in [0, 0.1) is 0 Å². The molecule has 1 aromatic heterocycles. The molecule has 0 saturated carbocycles. The quantitative estimate of drug-likeness (QED) is 0.425. The number of benzene rings is 3. The van der Waals surface area contributed by atoms with E-state index in [2.05, 4.69) is 23.2 Å². The number of fused-ring (bicyclic) bond motifs is 2. The van der Waals surface area contributed by atoms with Crippen molar-refractivity contribution in [2.45, 2.75) is 6.92 Å². The summed E-state index contributed by atoms with van der Waals surface area (Å²) in [6.45, 7) is 2.42. The van der Waals surface area contributed by atoms with Crippen molar-refractivity contribution in [3.05, 3.63) is 66.4 Å². The lowest BCUT2D eigenvalue weighted by Gasteiger charge is -2.15. The maximum absolute atomic E-state index is 11.3. The molecule has 0 aliphatic carbocycles. The molecule has 0 radical (unpaired) electrons. The van der Waals surface area contributed by atoms with Gasteiger partial charge >= 0.3 is 0 Å². The Morgan fingerprint density at radius 3 is 2.62 bits per heavy atom. The number of carbonyl (C=O) groups excluding carboxylic acids is 1. The van der Waals surface area contributed by atoms with Gasteiger partial charge < -0.3 is 10.5 Å². The van der Waals surface area contributed by atoms with E-state index in [1.54, 1.807) is 6.07 Å². The number of rotatable bonds is 4. The summed E-state index contributed by atoms with van der Waals surface area (Å²) < 4.78 is 5.75. The second-order valence-electron chi connectivity index (χ2n) is 6.05. The fourth-order valence-electron chi connectivity index (χ4n) is 3.34. The van der Waals surface area contributed by atoms with E-state index in [4.69, 9.17) is 10.5 Å². The Hall–Kier alpha value is -3.40. The van der Waals surface area contributed by atoms with Crippen molar-refractivity contribution < 1.29 is 9.53 Å². The van der Waals surface area contributed by atoms with E-state index in [-0.39, 0.29) is 0 Å². The highest BCUT2D eigenvalue weighted by Crippen LogP contribution is 2.40. The van der Waals surface area contributed by atoms with Crippen molar-refractivity contribution in [1.82, 2.24) is 4.98 Å². The smallest absolute Gasteiger partial charge is 0.168 e. The molecule has 4 rings (SSSR count). The van der Waals surface area contributed by atoms with Crippen molar-refractivity contribution in [3.63, 3.8) is 0 Å². The molecule has 2 N–H and O–H groups in total. The molecule has 0 bridgehead atoms. The SMILES string of the molecule is CCOc1c(N)cc(-c2cccc3ccccc23)c2nc(C=O)ccc12. The van der Waals surface area contributed by atoms with E-state index in [1.807, 2.05) is 43.3 Å². The van der Waals surface area contributed by atoms with Crippen molar-refractivity contribution >= 4 is 33.6 Å². The lowest BCUT2D eigenvalue weighted by molar-refractivity contribution is 0.111. The molecular formula is C22H18N2O2. The molecule has 0 spiro atoms. The Morgan fingerprint density at radius 1 is 1.00 bits per heavy atom. The number of anilines is 1. The van der Waals surface area contributed by atoms with Crippen LogP contribution in [0.4, 0.5) is 5.69 Å². The topological polar surface area (TPSA) is 65.2 Å². The minimum Gasteiger partial charge on any atom is -0.491 e. The van der Waals surface area contributed by atoms with Crippen LogP contribution in [0.25, 0.3) is 32.8 Å². The molecule has 0 aliphatic heterocycles. The normalized spacial score (nSPS) is 11.0. The summed E-state index contributed by atoms with van der Waals surface area (Å²) in [5, 5.41) is 3.05. The summed E-state index contributed by atoms with van der Waals surface area (Å²) in [5.74, 6) is 0.608. The zero-order valence-corrected chi connectivity index (χ0v) is 14.4. The molecule has 128 valence electrons. The zero-order valence-electron chi connectivity index (χ0n) is 14.4. The number of ether oxygens (including phenoxy) is 1. The van der Waals surface area contributed by atoms with Gasteiger partial charge in [-0.2, -0.15) is 0 Å². The summed E-state index contributed by atoms with van der Waals surface area (Å²) in [6.07, 6.45) is 0.753. The third kappa shape index (κ3) is 2.56. The maximum Gasteiger partial charge on any atom is 0.168 e. The van der Waals surface area contributed by atoms with E-state index in [9.17, 15) is 4.79 Å². The van der Waals surface area contributed by atoms with Crippen LogP contribution in [0.2, 0.25) is 0 Å². The highest BCUT2D eigenvalue weighted by Gasteiger charge is 2.16. The van der Waals surface area contributed by atoms with Crippen molar-refractivity contribution in [2.75, 3.05) is 12.3 Å². The van der Waals surface area contributed by atoms with Gasteiger partial charge in [0.2, 0.25) is 0 Å². The molecular weight excluding hydrogens is 324 g/mol. The van der Waals surface area contributed by atoms with Crippen molar-refractivity contribution in [2.24, 2.45) is 0 Å². The first-order chi connectivity index (χ1) is 12.7. The summed E-state index contributed by atoms with van der Waals surface area (Å²) in [7, 11) is 0.